The van der Waals surface area contributed by atoms with Crippen LogP contribution in [0.3, 0.4) is 0 Å². The third-order valence-electron chi connectivity index (χ3n) is 6.22. The zero-order valence-electron chi connectivity index (χ0n) is 21.4. The Kier molecular flexibility index (Phi) is 8.96. The van der Waals surface area contributed by atoms with Crippen LogP contribution in [0.25, 0.3) is 0 Å². The van der Waals surface area contributed by atoms with Crippen molar-refractivity contribution in [2.75, 3.05) is 11.4 Å². The molecule has 2 heterocycles. The minimum Gasteiger partial charge on any atom is -0.345 e. The van der Waals surface area contributed by atoms with Gasteiger partial charge in [-0.05, 0) is 44.4 Å². The highest BCUT2D eigenvalue weighted by Crippen LogP contribution is 2.33. The lowest BCUT2D eigenvalue weighted by atomic mass is 9.91. The summed E-state index contributed by atoms with van der Waals surface area (Å²) in [6.45, 7) is 10.4. The summed E-state index contributed by atoms with van der Waals surface area (Å²) in [6, 6.07) is -1.30. The molecule has 12 heteroatoms. The largest absolute Gasteiger partial charge is 0.345 e. The minimum absolute atomic E-state index is 0.0381. The third-order valence-corrected chi connectivity index (χ3v) is 7.10. The normalized spacial score (nSPS) is 14.4. The predicted molar refractivity (Wildman–Crippen MR) is 137 cm³/mol. The molecule has 1 atom stereocenters. The van der Waals surface area contributed by atoms with E-state index < -0.39 is 23.9 Å². The number of imidazole rings is 1. The van der Waals surface area contributed by atoms with E-state index in [0.29, 0.717) is 18.2 Å². The number of carbonyl (C=O) groups is 4. The number of nitrogens with two attached hydrogens (primary N) is 1. The van der Waals surface area contributed by atoms with Crippen LogP contribution in [0, 0.1) is 18.8 Å². The van der Waals surface area contributed by atoms with Crippen LogP contribution >= 0.6 is 11.3 Å². The van der Waals surface area contributed by atoms with Gasteiger partial charge in [0.2, 0.25) is 0 Å². The number of hydrogen-bond donors (Lipinski definition) is 2. The van der Waals surface area contributed by atoms with Crippen molar-refractivity contribution in [1.29, 1.82) is 0 Å². The number of imide groups is 1. The van der Waals surface area contributed by atoms with Gasteiger partial charge >= 0.3 is 6.03 Å². The van der Waals surface area contributed by atoms with Crippen LogP contribution in [0.5, 0.6) is 0 Å². The summed E-state index contributed by atoms with van der Waals surface area (Å²) >= 11 is 1.36. The Morgan fingerprint density at radius 2 is 1.92 bits per heavy atom. The first-order chi connectivity index (χ1) is 17.1. The molecule has 0 aromatic carbocycles. The molecule has 2 aromatic heterocycles. The van der Waals surface area contributed by atoms with E-state index in [1.54, 1.807) is 5.38 Å². The predicted octanol–water partition coefficient (Wildman–Crippen LogP) is 2.99. The first-order valence-electron chi connectivity index (χ1n) is 12.2. The molecule has 1 aliphatic carbocycles. The molecule has 11 nitrogen and oxygen atoms in total. The molecule has 36 heavy (non-hydrogen) atoms. The summed E-state index contributed by atoms with van der Waals surface area (Å²) in [6.07, 6.45) is 5.36. The molecule has 0 spiro atoms. The van der Waals surface area contributed by atoms with Crippen molar-refractivity contribution in [3.63, 3.8) is 0 Å². The Bertz CT molecular complexity index is 1110. The highest BCUT2D eigenvalue weighted by molar-refractivity contribution is 7.14. The van der Waals surface area contributed by atoms with Gasteiger partial charge in [-0.3, -0.25) is 24.5 Å². The van der Waals surface area contributed by atoms with Gasteiger partial charge in [-0.15, -0.1) is 11.3 Å². The number of thiazole rings is 1. The first kappa shape index (κ1) is 27.5. The number of aldehydes is 1. The Morgan fingerprint density at radius 3 is 2.44 bits per heavy atom. The number of nitrogen functional groups attached to an aromatic ring is 1. The van der Waals surface area contributed by atoms with Crippen molar-refractivity contribution in [2.24, 2.45) is 17.7 Å². The zero-order chi connectivity index (χ0) is 26.6. The van der Waals surface area contributed by atoms with E-state index in [4.69, 9.17) is 5.84 Å². The number of hydrogen-bond acceptors (Lipinski definition) is 9. The third kappa shape index (κ3) is 5.81. The zero-order valence-corrected chi connectivity index (χ0v) is 22.2. The molecule has 1 aliphatic rings. The van der Waals surface area contributed by atoms with Crippen molar-refractivity contribution in [1.82, 2.24) is 24.9 Å². The van der Waals surface area contributed by atoms with E-state index in [-0.39, 0.29) is 29.4 Å². The van der Waals surface area contributed by atoms with E-state index >= 15 is 0 Å². The van der Waals surface area contributed by atoms with Crippen LogP contribution in [-0.4, -0.2) is 62.2 Å². The van der Waals surface area contributed by atoms with Crippen LogP contribution in [0.4, 0.5) is 9.93 Å². The van der Waals surface area contributed by atoms with Gasteiger partial charge in [-0.1, -0.05) is 27.7 Å². The van der Waals surface area contributed by atoms with Gasteiger partial charge in [0.05, 0.1) is 11.7 Å². The van der Waals surface area contributed by atoms with Crippen LogP contribution in [-0.2, 0) is 4.79 Å². The number of amides is 3. The van der Waals surface area contributed by atoms with Crippen molar-refractivity contribution < 1.29 is 19.2 Å². The molecular weight excluding hydrogens is 482 g/mol. The average molecular weight is 518 g/mol. The van der Waals surface area contributed by atoms with E-state index in [1.807, 2.05) is 19.3 Å². The second kappa shape index (κ2) is 11.7. The Balaban J connectivity index is 1.98. The number of rotatable bonds is 10. The molecular formula is C24H35N7O4S. The molecule has 0 aliphatic heterocycles. The molecule has 196 valence electrons. The van der Waals surface area contributed by atoms with Gasteiger partial charge in [0, 0.05) is 18.0 Å². The molecule has 0 saturated heterocycles. The summed E-state index contributed by atoms with van der Waals surface area (Å²) in [5, 5.41) is 2.37. The van der Waals surface area contributed by atoms with Crippen LogP contribution in [0.1, 0.15) is 80.0 Å². The average Bonchev–Trinajstić information content (AvgIpc) is 3.42. The van der Waals surface area contributed by atoms with Gasteiger partial charge in [0.15, 0.2) is 5.13 Å². The molecule has 0 unspecified atom stereocenters. The van der Waals surface area contributed by atoms with Crippen LogP contribution in [0.2, 0.25) is 0 Å². The highest BCUT2D eigenvalue weighted by atomic mass is 32.1. The van der Waals surface area contributed by atoms with Crippen LogP contribution < -0.4 is 16.2 Å². The van der Waals surface area contributed by atoms with Gasteiger partial charge in [0.25, 0.3) is 11.8 Å². The van der Waals surface area contributed by atoms with Gasteiger partial charge < -0.3 is 9.69 Å². The van der Waals surface area contributed by atoms with Crippen molar-refractivity contribution in [2.45, 2.75) is 72.4 Å². The van der Waals surface area contributed by atoms with Crippen molar-refractivity contribution in [3.05, 3.63) is 28.8 Å². The maximum absolute atomic E-state index is 13.7. The fraction of sp³-hybridized carbons (Fsp3) is 0.583. The minimum atomic E-state index is -1.01. The lowest BCUT2D eigenvalue weighted by molar-refractivity contribution is -0.111. The standard InChI is InChI=1S/C24H35N7O4S/c1-14(2)9-18(11-32)31(22(34)20-16(5)30(13-26-20)23(35)28-25)21(33)19-12-36-24(27-19)29(10-15(3)4)17-7-6-8-17/h11-15,17-18H,6-10,25H2,1-5H3,(H,28,35)/t18-/m0/s1. The summed E-state index contributed by atoms with van der Waals surface area (Å²) in [7, 11) is 0. The monoisotopic (exact) mass is 517 g/mol. The maximum atomic E-state index is 13.7. The summed E-state index contributed by atoms with van der Waals surface area (Å²) in [5.41, 5.74) is 2.16. The Labute approximate surface area is 215 Å². The summed E-state index contributed by atoms with van der Waals surface area (Å²) < 4.78 is 1.07. The number of hydrazine groups is 1. The van der Waals surface area contributed by atoms with Crippen molar-refractivity contribution in [3.8, 4) is 0 Å². The second-order valence-corrected chi connectivity index (χ2v) is 10.8. The van der Waals surface area contributed by atoms with E-state index in [9.17, 15) is 19.2 Å². The molecule has 0 bridgehead atoms. The topological polar surface area (TPSA) is 144 Å². The lowest BCUT2D eigenvalue weighted by Gasteiger charge is -2.38. The molecule has 1 fully saturated rings. The summed E-state index contributed by atoms with van der Waals surface area (Å²) in [5.74, 6) is 4.22. The van der Waals surface area contributed by atoms with Crippen molar-refractivity contribution >= 4 is 40.6 Å². The molecule has 3 N–H and O–H groups in total. The van der Waals surface area contributed by atoms with Crippen LogP contribution in [0.15, 0.2) is 11.7 Å². The fourth-order valence-corrected chi connectivity index (χ4v) is 5.08. The molecule has 2 aromatic rings. The number of nitrogens with zero attached hydrogens (tertiary/aromatic N) is 5. The Morgan fingerprint density at radius 1 is 1.22 bits per heavy atom. The Hall–Kier alpha value is -3.12. The van der Waals surface area contributed by atoms with Gasteiger partial charge in [-0.2, -0.15) is 0 Å². The highest BCUT2D eigenvalue weighted by Gasteiger charge is 2.36. The summed E-state index contributed by atoms with van der Waals surface area (Å²) in [4.78, 5) is 63.2. The van der Waals surface area contributed by atoms with Gasteiger partial charge in [-0.25, -0.2) is 20.6 Å². The fourth-order valence-electron chi connectivity index (χ4n) is 4.20. The quantitative estimate of drug-likeness (QED) is 0.161. The first-order valence-corrected chi connectivity index (χ1v) is 13.1. The van der Waals surface area contributed by atoms with E-state index in [1.165, 1.54) is 24.7 Å². The second-order valence-electron chi connectivity index (χ2n) is 9.96. The van der Waals surface area contributed by atoms with E-state index in [0.717, 1.165) is 40.3 Å². The molecule has 1 saturated carbocycles. The SMILES string of the molecule is Cc1c(C(=O)N(C(=O)c2csc(N(CC(C)C)C3CCC3)n2)[C@H](C=O)CC(C)C)ncn1C(=O)NN. The molecule has 3 rings (SSSR count). The van der Waals surface area contributed by atoms with E-state index in [2.05, 4.69) is 28.7 Å². The number of anilines is 1. The smallest absolute Gasteiger partial charge is 0.341 e. The van der Waals surface area contributed by atoms with Gasteiger partial charge in [0.1, 0.15) is 24.0 Å². The molecule has 0 radical (unpaired) electrons. The number of aromatic nitrogens is 3. The maximum Gasteiger partial charge on any atom is 0.341 e. The number of nitrogens with one attached hydrogen (secondary N) is 1. The molecule has 3 amide bonds. The number of carbonyl (C=O) groups excluding carboxylic acids is 4. The lowest BCUT2D eigenvalue weighted by Crippen LogP contribution is -2.47.